The van der Waals surface area contributed by atoms with Gasteiger partial charge >= 0.3 is 0 Å². The molecule has 160 valence electrons. The number of amides is 1. The molecule has 9 heteroatoms. The van der Waals surface area contributed by atoms with E-state index in [2.05, 4.69) is 36.7 Å². The first-order valence-electron chi connectivity index (χ1n) is 9.68. The fraction of sp³-hybridized carbons (Fsp3) is 0.227. The van der Waals surface area contributed by atoms with Crippen molar-refractivity contribution >= 4 is 33.5 Å². The monoisotopic (exact) mass is 483 g/mol. The largest absolute Gasteiger partial charge is 0.454 e. The number of nitrogens with zero attached hydrogens (tertiary/aromatic N) is 3. The van der Waals surface area contributed by atoms with Gasteiger partial charge in [-0.1, -0.05) is 15.9 Å². The van der Waals surface area contributed by atoms with Crippen LogP contribution in [0.15, 0.2) is 51.9 Å². The highest BCUT2D eigenvalue weighted by molar-refractivity contribution is 9.10. The Hall–Kier alpha value is -3.33. The second-order valence-corrected chi connectivity index (χ2v) is 8.01. The molecule has 0 radical (unpaired) electrons. The lowest BCUT2D eigenvalue weighted by atomic mass is 10.2. The van der Waals surface area contributed by atoms with Crippen LogP contribution in [0.5, 0.6) is 11.5 Å². The Bertz CT molecular complexity index is 1150. The summed E-state index contributed by atoms with van der Waals surface area (Å²) in [4.78, 5) is 17.5. The normalized spacial score (nSPS) is 12.7. The van der Waals surface area contributed by atoms with E-state index in [1.54, 1.807) is 18.2 Å². The molecule has 0 saturated carbocycles. The van der Waals surface area contributed by atoms with E-state index >= 15 is 0 Å². The van der Waals surface area contributed by atoms with Gasteiger partial charge in [-0.3, -0.25) is 14.8 Å². The molecule has 0 fully saturated rings. The predicted molar refractivity (Wildman–Crippen MR) is 122 cm³/mol. The van der Waals surface area contributed by atoms with Gasteiger partial charge in [-0.05, 0) is 56.3 Å². The molecule has 31 heavy (non-hydrogen) atoms. The molecule has 0 unspecified atom stereocenters. The molecule has 0 spiro atoms. The van der Waals surface area contributed by atoms with Crippen molar-refractivity contribution in [1.82, 2.24) is 15.1 Å². The molecule has 0 bridgehead atoms. The van der Waals surface area contributed by atoms with E-state index in [0.717, 1.165) is 27.1 Å². The molecule has 2 N–H and O–H groups in total. The molecule has 2 heterocycles. The molecule has 0 aliphatic carbocycles. The lowest BCUT2D eigenvalue weighted by Gasteiger charge is -2.12. The minimum Gasteiger partial charge on any atom is -0.454 e. The van der Waals surface area contributed by atoms with Gasteiger partial charge in [-0.2, -0.15) is 5.10 Å². The van der Waals surface area contributed by atoms with E-state index in [-0.39, 0.29) is 12.7 Å². The van der Waals surface area contributed by atoms with Gasteiger partial charge in [0.05, 0.1) is 12.2 Å². The summed E-state index contributed by atoms with van der Waals surface area (Å²) < 4.78 is 13.5. The maximum atomic E-state index is 12.9. The first-order valence-corrected chi connectivity index (χ1v) is 10.5. The number of rotatable bonds is 4. The van der Waals surface area contributed by atoms with Crippen molar-refractivity contribution < 1.29 is 14.3 Å². The number of aromatic nitrogens is 2. The third kappa shape index (κ3) is 4.72. The fourth-order valence-corrected chi connectivity index (χ4v) is 3.47. The Labute approximate surface area is 188 Å². The van der Waals surface area contributed by atoms with Crippen LogP contribution in [0.3, 0.4) is 0 Å². The van der Waals surface area contributed by atoms with E-state index < -0.39 is 0 Å². The second-order valence-electron chi connectivity index (χ2n) is 7.09. The maximum Gasteiger partial charge on any atom is 0.258 e. The number of anilines is 1. The molecule has 2 aromatic carbocycles. The number of hydrogen-bond donors (Lipinski definition) is 2. The number of nitrogens with one attached hydrogen (secondary N) is 2. The Kier molecular flexibility index (Phi) is 5.94. The second kappa shape index (κ2) is 8.81. The zero-order valence-corrected chi connectivity index (χ0v) is 19.0. The summed E-state index contributed by atoms with van der Waals surface area (Å²) in [5, 5.41) is 10.5. The van der Waals surface area contributed by atoms with Crippen molar-refractivity contribution in [2.75, 3.05) is 12.1 Å². The summed E-state index contributed by atoms with van der Waals surface area (Å²) in [6.45, 7) is 4.48. The molecule has 1 aliphatic heterocycles. The number of guanidine groups is 1. The number of aliphatic imine (C=N–C) groups is 1. The van der Waals surface area contributed by atoms with Crippen molar-refractivity contribution in [3.8, 4) is 11.5 Å². The highest BCUT2D eigenvalue weighted by Gasteiger charge is 2.17. The summed E-state index contributed by atoms with van der Waals surface area (Å²) in [5.41, 5.74) is 4.21. The van der Waals surface area contributed by atoms with Gasteiger partial charge in [-0.25, -0.2) is 4.99 Å². The summed E-state index contributed by atoms with van der Waals surface area (Å²) in [7, 11) is 1.90. The van der Waals surface area contributed by atoms with Crippen molar-refractivity contribution in [3.63, 3.8) is 0 Å². The van der Waals surface area contributed by atoms with E-state index in [4.69, 9.17) is 9.47 Å². The number of fused-ring (bicyclic) bond motifs is 1. The number of aryl methyl sites for hydroxylation is 2. The van der Waals surface area contributed by atoms with E-state index in [1.165, 1.54) is 0 Å². The lowest BCUT2D eigenvalue weighted by Crippen LogP contribution is -2.36. The minimum absolute atomic E-state index is 0.155. The molecular formula is C22H22BrN5O3. The Morgan fingerprint density at radius 2 is 1.90 bits per heavy atom. The van der Waals surface area contributed by atoms with Crippen LogP contribution < -0.4 is 20.1 Å². The van der Waals surface area contributed by atoms with Gasteiger partial charge in [0.2, 0.25) is 12.8 Å². The van der Waals surface area contributed by atoms with Gasteiger partial charge in [0.1, 0.15) is 0 Å². The highest BCUT2D eigenvalue weighted by Crippen LogP contribution is 2.32. The minimum atomic E-state index is -0.304. The molecule has 8 nitrogen and oxygen atoms in total. The quantitative estimate of drug-likeness (QED) is 0.433. The van der Waals surface area contributed by atoms with Crippen LogP contribution in [-0.4, -0.2) is 28.4 Å². The Morgan fingerprint density at radius 1 is 1.16 bits per heavy atom. The number of hydrogen-bond acceptors (Lipinski definition) is 5. The van der Waals surface area contributed by atoms with Crippen LogP contribution in [-0.2, 0) is 13.6 Å². The Morgan fingerprint density at radius 3 is 2.61 bits per heavy atom. The van der Waals surface area contributed by atoms with E-state index in [1.807, 2.05) is 49.8 Å². The van der Waals surface area contributed by atoms with Crippen molar-refractivity contribution in [3.05, 3.63) is 69.5 Å². The van der Waals surface area contributed by atoms with Crippen molar-refractivity contribution in [1.29, 1.82) is 0 Å². The molecule has 3 aromatic rings. The zero-order valence-electron chi connectivity index (χ0n) is 17.4. The van der Waals surface area contributed by atoms with Crippen LogP contribution in [0.2, 0.25) is 0 Å². The number of halogens is 1. The van der Waals surface area contributed by atoms with Gasteiger partial charge < -0.3 is 14.8 Å². The average Bonchev–Trinajstić information content (AvgIpc) is 3.31. The SMILES string of the molecule is Cc1nn(C)c(C)c1CN=C(NC(=O)c1ccc2c(c1)OCO2)Nc1ccc(Br)cc1. The predicted octanol–water partition coefficient (Wildman–Crippen LogP) is 3.93. The topological polar surface area (TPSA) is 89.8 Å². The van der Waals surface area contributed by atoms with Gasteiger partial charge in [-0.15, -0.1) is 0 Å². The maximum absolute atomic E-state index is 12.9. The fourth-order valence-electron chi connectivity index (χ4n) is 3.20. The third-order valence-corrected chi connectivity index (χ3v) is 5.56. The first-order chi connectivity index (χ1) is 14.9. The molecule has 1 amide bonds. The zero-order chi connectivity index (χ0) is 22.0. The summed E-state index contributed by atoms with van der Waals surface area (Å²) >= 11 is 3.43. The van der Waals surface area contributed by atoms with E-state index in [0.29, 0.717) is 29.6 Å². The number of carbonyl (C=O) groups excluding carboxylic acids is 1. The van der Waals surface area contributed by atoms with Crippen LogP contribution >= 0.6 is 15.9 Å². The third-order valence-electron chi connectivity index (χ3n) is 5.03. The van der Waals surface area contributed by atoms with Crippen LogP contribution in [0, 0.1) is 13.8 Å². The Balaban J connectivity index is 1.58. The number of carbonyl (C=O) groups is 1. The summed E-state index contributed by atoms with van der Waals surface area (Å²) in [6, 6.07) is 12.7. The standard InChI is InChI=1S/C22H22BrN5O3/c1-13-18(14(2)28(3)27-13)11-24-22(25-17-7-5-16(23)6-8-17)26-21(29)15-4-9-19-20(10-15)31-12-30-19/h4-10H,11-12H2,1-3H3,(H2,24,25,26,29). The molecule has 0 atom stereocenters. The summed E-state index contributed by atoms with van der Waals surface area (Å²) in [5.74, 6) is 1.21. The van der Waals surface area contributed by atoms with Gasteiger partial charge in [0.25, 0.3) is 5.91 Å². The van der Waals surface area contributed by atoms with Gasteiger partial charge in [0, 0.05) is 34.0 Å². The van der Waals surface area contributed by atoms with Crippen molar-refractivity contribution in [2.24, 2.45) is 12.0 Å². The smallest absolute Gasteiger partial charge is 0.258 e. The van der Waals surface area contributed by atoms with Crippen LogP contribution in [0.25, 0.3) is 0 Å². The van der Waals surface area contributed by atoms with Crippen LogP contribution in [0.1, 0.15) is 27.3 Å². The van der Waals surface area contributed by atoms with Gasteiger partial charge in [0.15, 0.2) is 11.5 Å². The molecule has 1 aliphatic rings. The molecule has 0 saturated heterocycles. The number of ether oxygens (including phenoxy) is 2. The average molecular weight is 484 g/mol. The summed E-state index contributed by atoms with van der Waals surface area (Å²) in [6.07, 6.45) is 0. The molecule has 1 aromatic heterocycles. The lowest BCUT2D eigenvalue weighted by molar-refractivity contribution is 0.0976. The molecule has 4 rings (SSSR count). The first kappa shape index (κ1) is 20.9. The van der Waals surface area contributed by atoms with Crippen molar-refractivity contribution in [2.45, 2.75) is 20.4 Å². The molecular weight excluding hydrogens is 462 g/mol. The number of benzene rings is 2. The van der Waals surface area contributed by atoms with Crippen LogP contribution in [0.4, 0.5) is 5.69 Å². The van der Waals surface area contributed by atoms with E-state index in [9.17, 15) is 4.79 Å². The highest BCUT2D eigenvalue weighted by atomic mass is 79.9.